The van der Waals surface area contributed by atoms with Gasteiger partial charge in [0.2, 0.25) is 0 Å². The van der Waals surface area contributed by atoms with Crippen molar-refractivity contribution in [3.63, 3.8) is 0 Å². The van der Waals surface area contributed by atoms with Crippen molar-refractivity contribution < 1.29 is 0 Å². The highest BCUT2D eigenvalue weighted by Gasteiger charge is 2.10. The predicted molar refractivity (Wildman–Crippen MR) is 62.8 cm³/mol. The Bertz CT molecular complexity index is 463. The van der Waals surface area contributed by atoms with Gasteiger partial charge in [-0.3, -0.25) is 9.97 Å². The van der Waals surface area contributed by atoms with Gasteiger partial charge in [0.1, 0.15) is 0 Å². The molecule has 0 spiro atoms. The molecule has 2 nitrogen and oxygen atoms in total. The molecule has 78 valence electrons. The number of fused-ring (bicyclic) bond motifs is 1. The van der Waals surface area contributed by atoms with Gasteiger partial charge in [0.25, 0.3) is 0 Å². The van der Waals surface area contributed by atoms with Crippen LogP contribution in [0.1, 0.15) is 32.3 Å². The standard InChI is InChI=1S/C13H16N2/c1-9(2)10(3)11-4-5-12-13(8-11)15-7-6-14-12/h4-10H,1-3H3. The minimum absolute atomic E-state index is 0.566. The normalized spacial score (nSPS) is 13.3. The number of aromatic nitrogens is 2. The maximum absolute atomic E-state index is 4.32. The van der Waals surface area contributed by atoms with Crippen molar-refractivity contribution in [3.8, 4) is 0 Å². The highest BCUT2D eigenvalue weighted by molar-refractivity contribution is 5.74. The zero-order valence-electron chi connectivity index (χ0n) is 9.44. The zero-order chi connectivity index (χ0) is 10.8. The molecule has 0 aliphatic carbocycles. The maximum Gasteiger partial charge on any atom is 0.0889 e. The van der Waals surface area contributed by atoms with E-state index in [9.17, 15) is 0 Å². The van der Waals surface area contributed by atoms with Gasteiger partial charge in [-0.15, -0.1) is 0 Å². The maximum atomic E-state index is 4.32. The van der Waals surface area contributed by atoms with E-state index < -0.39 is 0 Å². The molecule has 2 aromatic rings. The van der Waals surface area contributed by atoms with Crippen molar-refractivity contribution in [1.29, 1.82) is 0 Å². The molecule has 1 atom stereocenters. The molecule has 2 rings (SSSR count). The summed E-state index contributed by atoms with van der Waals surface area (Å²) in [5.41, 5.74) is 3.30. The van der Waals surface area contributed by atoms with Crippen LogP contribution in [0.4, 0.5) is 0 Å². The molecule has 0 radical (unpaired) electrons. The first-order chi connectivity index (χ1) is 7.18. The molecule has 1 aromatic carbocycles. The second-order valence-electron chi connectivity index (χ2n) is 4.34. The lowest BCUT2D eigenvalue weighted by atomic mass is 9.90. The third kappa shape index (κ3) is 1.99. The lowest BCUT2D eigenvalue weighted by Gasteiger charge is -2.15. The second-order valence-corrected chi connectivity index (χ2v) is 4.34. The first-order valence-electron chi connectivity index (χ1n) is 5.39. The van der Waals surface area contributed by atoms with Gasteiger partial charge in [0, 0.05) is 12.4 Å². The SMILES string of the molecule is CC(C)C(C)c1ccc2nccnc2c1. The van der Waals surface area contributed by atoms with Gasteiger partial charge < -0.3 is 0 Å². The molecule has 15 heavy (non-hydrogen) atoms. The molecule has 1 aromatic heterocycles. The molecule has 0 saturated heterocycles. The van der Waals surface area contributed by atoms with E-state index in [1.807, 2.05) is 0 Å². The lowest BCUT2D eigenvalue weighted by Crippen LogP contribution is -2.01. The Morgan fingerprint density at radius 2 is 1.60 bits per heavy atom. The fraction of sp³-hybridized carbons (Fsp3) is 0.385. The smallest absolute Gasteiger partial charge is 0.0889 e. The molecule has 0 fully saturated rings. The fourth-order valence-corrected chi connectivity index (χ4v) is 1.65. The number of benzene rings is 1. The molecule has 0 aliphatic heterocycles. The van der Waals surface area contributed by atoms with Crippen LogP contribution in [0.25, 0.3) is 11.0 Å². The third-order valence-electron chi connectivity index (χ3n) is 3.02. The Balaban J connectivity index is 2.47. The summed E-state index contributed by atoms with van der Waals surface area (Å²) < 4.78 is 0. The van der Waals surface area contributed by atoms with Gasteiger partial charge in [-0.05, 0) is 29.5 Å². The van der Waals surface area contributed by atoms with Crippen molar-refractivity contribution in [3.05, 3.63) is 36.2 Å². The quantitative estimate of drug-likeness (QED) is 0.742. The Labute approximate surface area is 90.4 Å². The molecule has 0 aliphatic rings. The molecule has 0 amide bonds. The number of hydrogen-bond donors (Lipinski definition) is 0. The lowest BCUT2D eigenvalue weighted by molar-refractivity contribution is 0.535. The molecule has 0 saturated carbocycles. The summed E-state index contributed by atoms with van der Waals surface area (Å²) >= 11 is 0. The van der Waals surface area contributed by atoms with Gasteiger partial charge in [-0.1, -0.05) is 26.8 Å². The Morgan fingerprint density at radius 1 is 0.933 bits per heavy atom. The van der Waals surface area contributed by atoms with Crippen LogP contribution in [-0.4, -0.2) is 9.97 Å². The van der Waals surface area contributed by atoms with Gasteiger partial charge in [0.05, 0.1) is 11.0 Å². The molecule has 1 unspecified atom stereocenters. The summed E-state index contributed by atoms with van der Waals surface area (Å²) in [7, 11) is 0. The van der Waals surface area contributed by atoms with E-state index in [0.717, 1.165) is 11.0 Å². The second kappa shape index (κ2) is 3.97. The van der Waals surface area contributed by atoms with Crippen LogP contribution in [0.15, 0.2) is 30.6 Å². The van der Waals surface area contributed by atoms with E-state index in [1.165, 1.54) is 5.56 Å². The minimum Gasteiger partial charge on any atom is -0.253 e. The minimum atomic E-state index is 0.566. The van der Waals surface area contributed by atoms with E-state index in [0.29, 0.717) is 11.8 Å². The average molecular weight is 200 g/mol. The predicted octanol–water partition coefficient (Wildman–Crippen LogP) is 3.39. The molecular weight excluding hydrogens is 184 g/mol. The first-order valence-corrected chi connectivity index (χ1v) is 5.39. The summed E-state index contributed by atoms with van der Waals surface area (Å²) in [4.78, 5) is 8.59. The van der Waals surface area contributed by atoms with Crippen molar-refractivity contribution >= 4 is 11.0 Å². The van der Waals surface area contributed by atoms with Gasteiger partial charge in [0.15, 0.2) is 0 Å². The van der Waals surface area contributed by atoms with Crippen LogP contribution in [0.3, 0.4) is 0 Å². The van der Waals surface area contributed by atoms with Gasteiger partial charge in [-0.25, -0.2) is 0 Å². The molecule has 2 heteroatoms. The largest absolute Gasteiger partial charge is 0.253 e. The summed E-state index contributed by atoms with van der Waals surface area (Å²) in [5, 5.41) is 0. The highest BCUT2D eigenvalue weighted by atomic mass is 14.8. The fourth-order valence-electron chi connectivity index (χ4n) is 1.65. The Morgan fingerprint density at radius 3 is 2.27 bits per heavy atom. The van der Waals surface area contributed by atoms with E-state index in [4.69, 9.17) is 0 Å². The Kier molecular flexibility index (Phi) is 2.67. The van der Waals surface area contributed by atoms with Crippen molar-refractivity contribution in [2.24, 2.45) is 5.92 Å². The summed E-state index contributed by atoms with van der Waals surface area (Å²) in [5.74, 6) is 1.22. The van der Waals surface area contributed by atoms with Crippen LogP contribution < -0.4 is 0 Å². The topological polar surface area (TPSA) is 25.8 Å². The van der Waals surface area contributed by atoms with Crippen molar-refractivity contribution in [1.82, 2.24) is 9.97 Å². The van der Waals surface area contributed by atoms with E-state index in [1.54, 1.807) is 12.4 Å². The van der Waals surface area contributed by atoms with E-state index in [-0.39, 0.29) is 0 Å². The number of rotatable bonds is 2. The molecule has 0 bridgehead atoms. The van der Waals surface area contributed by atoms with Crippen LogP contribution in [-0.2, 0) is 0 Å². The summed E-state index contributed by atoms with van der Waals surface area (Å²) in [6.07, 6.45) is 3.47. The van der Waals surface area contributed by atoms with Crippen LogP contribution in [0.5, 0.6) is 0 Å². The summed E-state index contributed by atoms with van der Waals surface area (Å²) in [6, 6.07) is 6.35. The molecule has 1 heterocycles. The van der Waals surface area contributed by atoms with Crippen LogP contribution in [0.2, 0.25) is 0 Å². The van der Waals surface area contributed by atoms with E-state index >= 15 is 0 Å². The molecular formula is C13H16N2. The monoisotopic (exact) mass is 200 g/mol. The number of hydrogen-bond acceptors (Lipinski definition) is 2. The average Bonchev–Trinajstić information content (AvgIpc) is 2.27. The van der Waals surface area contributed by atoms with E-state index in [2.05, 4.69) is 48.9 Å². The third-order valence-corrected chi connectivity index (χ3v) is 3.02. The zero-order valence-corrected chi connectivity index (χ0v) is 9.44. The Hall–Kier alpha value is -1.44. The highest BCUT2D eigenvalue weighted by Crippen LogP contribution is 2.25. The number of nitrogens with zero attached hydrogens (tertiary/aromatic N) is 2. The van der Waals surface area contributed by atoms with Crippen LogP contribution >= 0.6 is 0 Å². The molecule has 0 N–H and O–H groups in total. The first kappa shape index (κ1) is 10.1. The van der Waals surface area contributed by atoms with Gasteiger partial charge >= 0.3 is 0 Å². The summed E-state index contributed by atoms with van der Waals surface area (Å²) in [6.45, 7) is 6.74. The van der Waals surface area contributed by atoms with Crippen molar-refractivity contribution in [2.45, 2.75) is 26.7 Å². The van der Waals surface area contributed by atoms with Crippen LogP contribution in [0, 0.1) is 5.92 Å². The van der Waals surface area contributed by atoms with Gasteiger partial charge in [-0.2, -0.15) is 0 Å². The van der Waals surface area contributed by atoms with Crippen molar-refractivity contribution in [2.75, 3.05) is 0 Å².